The molecule has 0 spiro atoms. The molecule has 0 bridgehead atoms. The Morgan fingerprint density at radius 1 is 1.53 bits per heavy atom. The van der Waals surface area contributed by atoms with Crippen LogP contribution in [-0.4, -0.2) is 25.6 Å². The number of hydrogen-bond donors (Lipinski definition) is 2. The summed E-state index contributed by atoms with van der Waals surface area (Å²) in [6.45, 7) is 1.26. The summed E-state index contributed by atoms with van der Waals surface area (Å²) in [5, 5.41) is 13.3. The number of benzene rings is 1. The van der Waals surface area contributed by atoms with Crippen LogP contribution in [0.25, 0.3) is 0 Å². The van der Waals surface area contributed by atoms with E-state index in [-0.39, 0.29) is 5.75 Å². The molecule has 1 aromatic rings. The van der Waals surface area contributed by atoms with Crippen molar-refractivity contribution in [1.82, 2.24) is 0 Å². The molecular weight excluding hydrogens is 253 g/mol. The molecule has 1 aromatic carbocycles. The highest BCUT2D eigenvalue weighted by molar-refractivity contribution is 7.89. The normalized spacial score (nSPS) is 13.1. The molecule has 1 rings (SSSR count). The van der Waals surface area contributed by atoms with E-state index in [1.54, 1.807) is 0 Å². The summed E-state index contributed by atoms with van der Waals surface area (Å²) in [6, 6.07) is 2.80. The van der Waals surface area contributed by atoms with E-state index in [0.29, 0.717) is 0 Å². The smallest absolute Gasteiger partial charge is 0.344 e. The minimum absolute atomic E-state index is 0.0928. The summed E-state index contributed by atoms with van der Waals surface area (Å²) in [5.41, 5.74) is 0. The zero-order valence-corrected chi connectivity index (χ0v) is 9.57. The molecule has 6 nitrogen and oxygen atoms in total. The van der Waals surface area contributed by atoms with Crippen molar-refractivity contribution in [3.05, 3.63) is 24.0 Å². The highest BCUT2D eigenvalue weighted by atomic mass is 32.2. The van der Waals surface area contributed by atoms with Gasteiger partial charge in [0.1, 0.15) is 16.5 Å². The average Bonchev–Trinajstić information content (AvgIpc) is 2.15. The van der Waals surface area contributed by atoms with Crippen LogP contribution in [0.1, 0.15) is 6.92 Å². The lowest BCUT2D eigenvalue weighted by molar-refractivity contribution is -0.144. The topological polar surface area (TPSA) is 107 Å². The van der Waals surface area contributed by atoms with E-state index in [1.165, 1.54) is 6.92 Å². The maximum absolute atomic E-state index is 13.3. The molecule has 8 heteroatoms. The van der Waals surface area contributed by atoms with Gasteiger partial charge in [0.15, 0.2) is 6.10 Å². The molecule has 0 saturated heterocycles. The fraction of sp³-hybridized carbons (Fsp3) is 0.222. The lowest BCUT2D eigenvalue weighted by atomic mass is 10.3. The van der Waals surface area contributed by atoms with Gasteiger partial charge in [-0.15, -0.1) is 0 Å². The number of carboxylic acid groups (broad SMARTS) is 1. The van der Waals surface area contributed by atoms with E-state index in [2.05, 4.69) is 0 Å². The van der Waals surface area contributed by atoms with Crippen molar-refractivity contribution in [2.24, 2.45) is 5.14 Å². The van der Waals surface area contributed by atoms with E-state index in [4.69, 9.17) is 15.0 Å². The quantitative estimate of drug-likeness (QED) is 0.813. The van der Waals surface area contributed by atoms with Crippen LogP contribution in [0.4, 0.5) is 4.39 Å². The van der Waals surface area contributed by atoms with Crippen molar-refractivity contribution in [2.75, 3.05) is 0 Å². The predicted octanol–water partition coefficient (Wildman–Crippen LogP) is 0.325. The van der Waals surface area contributed by atoms with Gasteiger partial charge in [-0.3, -0.25) is 0 Å². The van der Waals surface area contributed by atoms with Gasteiger partial charge in [0.2, 0.25) is 10.0 Å². The molecule has 0 aliphatic heterocycles. The number of carboxylic acids is 1. The maximum Gasteiger partial charge on any atom is 0.344 e. The van der Waals surface area contributed by atoms with Crippen LogP contribution in [0, 0.1) is 5.82 Å². The number of sulfonamides is 1. The molecule has 0 amide bonds. The second-order valence-electron chi connectivity index (χ2n) is 3.24. The molecule has 1 atom stereocenters. The fourth-order valence-corrected chi connectivity index (χ4v) is 1.63. The lowest BCUT2D eigenvalue weighted by Crippen LogP contribution is -2.23. The van der Waals surface area contributed by atoms with Crippen molar-refractivity contribution in [3.63, 3.8) is 0 Å². The monoisotopic (exact) mass is 263 g/mol. The third kappa shape index (κ3) is 3.40. The van der Waals surface area contributed by atoms with E-state index >= 15 is 0 Å². The zero-order chi connectivity index (χ0) is 13.2. The van der Waals surface area contributed by atoms with Crippen LogP contribution in [0.3, 0.4) is 0 Å². The molecular formula is C9H10FNO5S. The number of aliphatic carboxylic acids is 1. The summed E-state index contributed by atoms with van der Waals surface area (Å²) >= 11 is 0. The van der Waals surface area contributed by atoms with Crippen molar-refractivity contribution in [2.45, 2.75) is 17.9 Å². The van der Waals surface area contributed by atoms with Gasteiger partial charge in [-0.2, -0.15) is 0 Å². The van der Waals surface area contributed by atoms with Crippen molar-refractivity contribution in [1.29, 1.82) is 0 Å². The Hall–Kier alpha value is -1.67. The number of rotatable bonds is 4. The van der Waals surface area contributed by atoms with Gasteiger partial charge >= 0.3 is 5.97 Å². The summed E-state index contributed by atoms with van der Waals surface area (Å²) in [6.07, 6.45) is -1.17. The molecule has 0 fully saturated rings. The number of halogens is 1. The average molecular weight is 263 g/mol. The molecule has 0 saturated carbocycles. The number of hydrogen-bond acceptors (Lipinski definition) is 4. The molecule has 0 aliphatic rings. The van der Waals surface area contributed by atoms with Gasteiger partial charge in [-0.25, -0.2) is 22.7 Å². The molecule has 0 aromatic heterocycles. The second kappa shape index (κ2) is 4.68. The predicted molar refractivity (Wildman–Crippen MR) is 55.5 cm³/mol. The van der Waals surface area contributed by atoms with E-state index in [1.807, 2.05) is 0 Å². The van der Waals surface area contributed by atoms with Gasteiger partial charge in [-0.1, -0.05) is 0 Å². The van der Waals surface area contributed by atoms with Crippen LogP contribution in [0.15, 0.2) is 23.1 Å². The summed E-state index contributed by atoms with van der Waals surface area (Å²) in [7, 11) is -4.14. The SMILES string of the molecule is CC(Oc1ccc(S(N)(=O)=O)c(F)c1)C(=O)O. The summed E-state index contributed by atoms with van der Waals surface area (Å²) in [4.78, 5) is 9.81. The molecule has 17 heavy (non-hydrogen) atoms. The fourth-order valence-electron chi connectivity index (χ4n) is 1.04. The number of primary sulfonamides is 1. The van der Waals surface area contributed by atoms with E-state index in [0.717, 1.165) is 18.2 Å². The first kappa shape index (κ1) is 13.4. The minimum Gasteiger partial charge on any atom is -0.479 e. The van der Waals surface area contributed by atoms with Crippen molar-refractivity contribution >= 4 is 16.0 Å². The Labute approximate surface area is 96.9 Å². The number of ether oxygens (including phenoxy) is 1. The lowest BCUT2D eigenvalue weighted by Gasteiger charge is -2.10. The third-order valence-electron chi connectivity index (χ3n) is 1.87. The van der Waals surface area contributed by atoms with E-state index in [9.17, 15) is 17.6 Å². The first-order valence-corrected chi connectivity index (χ1v) is 5.98. The van der Waals surface area contributed by atoms with Gasteiger partial charge < -0.3 is 9.84 Å². The minimum atomic E-state index is -4.14. The first-order valence-electron chi connectivity index (χ1n) is 4.43. The Balaban J connectivity index is 3.02. The first-order chi connectivity index (χ1) is 7.71. The van der Waals surface area contributed by atoms with Gasteiger partial charge in [-0.05, 0) is 19.1 Å². The largest absolute Gasteiger partial charge is 0.479 e. The third-order valence-corrected chi connectivity index (χ3v) is 2.81. The maximum atomic E-state index is 13.3. The highest BCUT2D eigenvalue weighted by Crippen LogP contribution is 2.20. The second-order valence-corrected chi connectivity index (χ2v) is 4.77. The standard InChI is InChI=1S/C9H10FNO5S/c1-5(9(12)13)16-6-2-3-8(7(10)4-6)17(11,14)15/h2-5H,1H3,(H,12,13)(H2,11,14,15). The molecule has 94 valence electrons. The van der Waals surface area contributed by atoms with Crippen molar-refractivity contribution in [3.8, 4) is 5.75 Å². The summed E-state index contributed by atoms with van der Waals surface area (Å²) < 4.78 is 40.0. The number of carbonyl (C=O) groups is 1. The zero-order valence-electron chi connectivity index (χ0n) is 8.75. The Morgan fingerprint density at radius 3 is 2.53 bits per heavy atom. The Kier molecular flexibility index (Phi) is 3.69. The molecule has 0 aliphatic carbocycles. The molecule has 1 unspecified atom stereocenters. The molecule has 0 heterocycles. The van der Waals surface area contributed by atoms with Crippen LogP contribution in [-0.2, 0) is 14.8 Å². The van der Waals surface area contributed by atoms with Gasteiger partial charge in [0, 0.05) is 6.07 Å². The van der Waals surface area contributed by atoms with Crippen LogP contribution in [0.5, 0.6) is 5.75 Å². The van der Waals surface area contributed by atoms with Crippen molar-refractivity contribution < 1.29 is 27.4 Å². The van der Waals surface area contributed by atoms with Crippen LogP contribution >= 0.6 is 0 Å². The van der Waals surface area contributed by atoms with Crippen LogP contribution in [0.2, 0.25) is 0 Å². The van der Waals surface area contributed by atoms with E-state index < -0.39 is 32.8 Å². The Morgan fingerprint density at radius 2 is 2.12 bits per heavy atom. The molecule has 3 N–H and O–H groups in total. The van der Waals surface area contributed by atoms with Gasteiger partial charge in [0.05, 0.1) is 0 Å². The summed E-state index contributed by atoms with van der Waals surface area (Å²) in [5.74, 6) is -2.41. The van der Waals surface area contributed by atoms with Crippen LogP contribution < -0.4 is 9.88 Å². The highest BCUT2D eigenvalue weighted by Gasteiger charge is 2.17. The number of nitrogens with two attached hydrogens (primary N) is 1. The van der Waals surface area contributed by atoms with Gasteiger partial charge in [0.25, 0.3) is 0 Å². The molecule has 0 radical (unpaired) electrons. The Bertz CT molecular complexity index is 542.